The smallest absolute Gasteiger partial charge is 0.256 e. The first-order valence-electron chi connectivity index (χ1n) is 12.0. The largest absolute Gasteiger partial charge is 0.360 e. The summed E-state index contributed by atoms with van der Waals surface area (Å²) in [6, 6.07) is 6.27. The van der Waals surface area contributed by atoms with E-state index >= 15 is 0 Å². The highest BCUT2D eigenvalue weighted by Gasteiger charge is 2.32. The number of aromatic nitrogens is 3. The average Bonchev–Trinajstić information content (AvgIpc) is 3.61. The molecule has 1 unspecified atom stereocenters. The van der Waals surface area contributed by atoms with E-state index in [1.54, 1.807) is 6.08 Å². The lowest BCUT2D eigenvalue weighted by atomic mass is 10.0. The molecule has 1 saturated heterocycles. The number of H-pyrrole nitrogens is 2. The van der Waals surface area contributed by atoms with Crippen molar-refractivity contribution >= 4 is 16.8 Å². The molecule has 0 saturated carbocycles. The van der Waals surface area contributed by atoms with Crippen molar-refractivity contribution in [2.24, 2.45) is 0 Å². The Kier molecular flexibility index (Phi) is 9.92. The molecule has 1 fully saturated rings. The number of aryl methyl sites for hydroxylation is 1. The number of fused-ring (bicyclic) bond motifs is 1. The van der Waals surface area contributed by atoms with Gasteiger partial charge >= 0.3 is 0 Å². The maximum absolute atomic E-state index is 13.4. The van der Waals surface area contributed by atoms with Crippen LogP contribution in [0.5, 0.6) is 0 Å². The summed E-state index contributed by atoms with van der Waals surface area (Å²) in [6.45, 7) is 16.6. The molecule has 3 heterocycles. The molecule has 1 atom stereocenters. The Morgan fingerprint density at radius 1 is 1.24 bits per heavy atom. The van der Waals surface area contributed by atoms with E-state index in [4.69, 9.17) is 0 Å². The van der Waals surface area contributed by atoms with E-state index in [-0.39, 0.29) is 11.9 Å². The molecule has 0 spiro atoms. The highest BCUT2D eigenvalue weighted by atomic mass is 16.2. The first-order valence-corrected chi connectivity index (χ1v) is 12.0. The van der Waals surface area contributed by atoms with Crippen molar-refractivity contribution in [3.05, 3.63) is 78.3 Å². The molecule has 1 amide bonds. The Bertz CT molecular complexity index is 1120. The van der Waals surface area contributed by atoms with Crippen LogP contribution in [0.1, 0.15) is 63.5 Å². The van der Waals surface area contributed by atoms with Gasteiger partial charge in [0, 0.05) is 34.9 Å². The topological polar surface area (TPSA) is 64.8 Å². The molecule has 33 heavy (non-hydrogen) atoms. The number of rotatable bonds is 5. The van der Waals surface area contributed by atoms with Gasteiger partial charge in [-0.3, -0.25) is 9.89 Å². The molecular weight excluding hydrogens is 408 g/mol. The second kappa shape index (κ2) is 12.6. The lowest BCUT2D eigenvalue weighted by molar-refractivity contribution is 0.0759. The van der Waals surface area contributed by atoms with E-state index in [0.717, 1.165) is 58.2 Å². The molecule has 0 aliphatic carbocycles. The van der Waals surface area contributed by atoms with Crippen molar-refractivity contribution in [3.8, 4) is 11.1 Å². The summed E-state index contributed by atoms with van der Waals surface area (Å²) < 4.78 is 0. The van der Waals surface area contributed by atoms with Crippen molar-refractivity contribution < 1.29 is 4.79 Å². The average molecular weight is 447 g/mol. The van der Waals surface area contributed by atoms with Crippen molar-refractivity contribution in [2.75, 3.05) is 6.54 Å². The molecule has 3 aromatic rings. The van der Waals surface area contributed by atoms with Crippen molar-refractivity contribution in [3.63, 3.8) is 0 Å². The van der Waals surface area contributed by atoms with Gasteiger partial charge in [0.05, 0.1) is 17.8 Å². The molecule has 5 nitrogen and oxygen atoms in total. The first kappa shape index (κ1) is 25.9. The van der Waals surface area contributed by atoms with Gasteiger partial charge in [-0.2, -0.15) is 5.10 Å². The van der Waals surface area contributed by atoms with Gasteiger partial charge in [-0.1, -0.05) is 70.7 Å². The number of benzene rings is 1. The molecule has 1 aliphatic heterocycles. The van der Waals surface area contributed by atoms with Crippen LogP contribution >= 0.6 is 0 Å². The third kappa shape index (κ3) is 5.54. The van der Waals surface area contributed by atoms with Crippen LogP contribution in [0.2, 0.25) is 0 Å². The lowest BCUT2D eigenvalue weighted by Crippen LogP contribution is -2.36. The fourth-order valence-electron chi connectivity index (χ4n) is 4.20. The molecule has 2 aromatic heterocycles. The van der Waals surface area contributed by atoms with Gasteiger partial charge in [-0.25, -0.2) is 0 Å². The van der Waals surface area contributed by atoms with Crippen molar-refractivity contribution in [1.29, 1.82) is 0 Å². The fraction of sp³-hybridized carbons (Fsp3) is 0.357. The predicted molar refractivity (Wildman–Crippen MR) is 140 cm³/mol. The summed E-state index contributed by atoms with van der Waals surface area (Å²) in [5.74, 6) is 0.0809. The Morgan fingerprint density at radius 2 is 2.00 bits per heavy atom. The second-order valence-electron chi connectivity index (χ2n) is 7.41. The third-order valence-electron chi connectivity index (χ3n) is 5.71. The van der Waals surface area contributed by atoms with Gasteiger partial charge in [-0.15, -0.1) is 0 Å². The summed E-state index contributed by atoms with van der Waals surface area (Å²) in [4.78, 5) is 18.7. The van der Waals surface area contributed by atoms with E-state index < -0.39 is 0 Å². The zero-order chi connectivity index (χ0) is 24.4. The standard InChI is InChI=1S/C24H26N4O.2C2H6/c1-4-6-8-17(5-2)23-9-7-12-28(23)24(29)21-14-25-22-13-18(10-11-19(21)22)20-15-26-27-16(20)3;2*1-2/h4-6,8,10-11,13-15,23,25H,1,7,9,12H2,2-3H3,(H,26,27);2*1-2H3/b8-6-,17-5+;;. The highest BCUT2D eigenvalue weighted by Crippen LogP contribution is 2.31. The van der Waals surface area contributed by atoms with Gasteiger partial charge in [-0.05, 0) is 43.9 Å². The van der Waals surface area contributed by atoms with Gasteiger partial charge in [0.25, 0.3) is 5.91 Å². The normalized spacial score (nSPS) is 15.8. The van der Waals surface area contributed by atoms with E-state index in [1.165, 1.54) is 0 Å². The van der Waals surface area contributed by atoms with Crippen molar-refractivity contribution in [1.82, 2.24) is 20.1 Å². The molecule has 0 radical (unpaired) electrons. The van der Waals surface area contributed by atoms with Crippen LogP contribution in [0.15, 0.2) is 67.0 Å². The van der Waals surface area contributed by atoms with Crippen molar-refractivity contribution in [2.45, 2.75) is 60.4 Å². The minimum Gasteiger partial charge on any atom is -0.360 e. The van der Waals surface area contributed by atoms with Crippen LogP contribution in [0.3, 0.4) is 0 Å². The third-order valence-corrected chi connectivity index (χ3v) is 5.71. The maximum Gasteiger partial charge on any atom is 0.256 e. The highest BCUT2D eigenvalue weighted by molar-refractivity contribution is 6.07. The Labute approximate surface area is 198 Å². The monoisotopic (exact) mass is 446 g/mol. The molecule has 1 aromatic carbocycles. The number of aromatic amines is 2. The number of allylic oxidation sites excluding steroid dienone is 3. The van der Waals surface area contributed by atoms with Gasteiger partial charge in [0.2, 0.25) is 0 Å². The fourth-order valence-corrected chi connectivity index (χ4v) is 4.20. The molecule has 4 rings (SSSR count). The molecular formula is C28H38N4O. The van der Waals surface area contributed by atoms with Crippen LogP contribution in [-0.4, -0.2) is 38.6 Å². The van der Waals surface area contributed by atoms with Gasteiger partial charge in [0.1, 0.15) is 0 Å². The van der Waals surface area contributed by atoms with E-state index in [0.29, 0.717) is 0 Å². The van der Waals surface area contributed by atoms with Crippen LogP contribution < -0.4 is 0 Å². The lowest BCUT2D eigenvalue weighted by Gasteiger charge is -2.25. The quantitative estimate of drug-likeness (QED) is 0.407. The zero-order valence-electron chi connectivity index (χ0n) is 20.9. The van der Waals surface area contributed by atoms with Gasteiger partial charge < -0.3 is 9.88 Å². The second-order valence-corrected chi connectivity index (χ2v) is 7.41. The first-order chi connectivity index (χ1) is 16.1. The minimum atomic E-state index is 0.0809. The molecule has 1 aliphatic rings. The summed E-state index contributed by atoms with van der Waals surface area (Å²) in [5.41, 5.74) is 6.02. The summed E-state index contributed by atoms with van der Waals surface area (Å²) in [7, 11) is 0. The van der Waals surface area contributed by atoms with Gasteiger partial charge in [0.15, 0.2) is 0 Å². The molecule has 5 heteroatoms. The number of nitrogens with one attached hydrogen (secondary N) is 2. The maximum atomic E-state index is 13.4. The van der Waals surface area contributed by atoms with E-state index in [1.807, 2.05) is 71.0 Å². The summed E-state index contributed by atoms with van der Waals surface area (Å²) >= 11 is 0. The minimum absolute atomic E-state index is 0.0809. The van der Waals surface area contributed by atoms with Crippen LogP contribution in [0.4, 0.5) is 0 Å². The van der Waals surface area contributed by atoms with Crippen LogP contribution in [0.25, 0.3) is 22.0 Å². The predicted octanol–water partition coefficient (Wildman–Crippen LogP) is 7.21. The molecule has 176 valence electrons. The summed E-state index contributed by atoms with van der Waals surface area (Å²) in [6.07, 6.45) is 13.5. The SMILES string of the molecule is C=C/C=C\C(=C/C)C1CCCN1C(=O)c1c[nH]c2cc(-c3cn[nH]c3C)ccc12.CC.CC. The van der Waals surface area contributed by atoms with Crippen LogP contribution in [-0.2, 0) is 0 Å². The van der Waals surface area contributed by atoms with E-state index in [9.17, 15) is 4.79 Å². The van der Waals surface area contributed by atoms with E-state index in [2.05, 4.69) is 46.0 Å². The van der Waals surface area contributed by atoms with Crippen LogP contribution in [0, 0.1) is 6.92 Å². The summed E-state index contributed by atoms with van der Waals surface area (Å²) in [5, 5.41) is 8.03. The Hall–Kier alpha value is -3.34. The number of amides is 1. The molecule has 2 N–H and O–H groups in total. The number of nitrogens with zero attached hydrogens (tertiary/aromatic N) is 2. The Morgan fingerprint density at radius 3 is 2.64 bits per heavy atom. The number of hydrogen-bond acceptors (Lipinski definition) is 2. The zero-order valence-corrected chi connectivity index (χ0v) is 20.9. The Balaban J connectivity index is 0.000000914. The number of hydrogen-bond donors (Lipinski definition) is 2. The number of carbonyl (C=O) groups excluding carboxylic acids is 1. The number of likely N-dealkylation sites (tertiary alicyclic amines) is 1. The number of carbonyl (C=O) groups is 1. The molecule has 0 bridgehead atoms.